The van der Waals surface area contributed by atoms with E-state index in [0.717, 1.165) is 40.7 Å². The number of thioether (sulfide) groups is 1. The van der Waals surface area contributed by atoms with Crippen LogP contribution in [0.5, 0.6) is 0 Å². The Bertz CT molecular complexity index is 1020. The number of carbonyl (C=O) groups excluding carboxylic acids is 2. The van der Waals surface area contributed by atoms with Gasteiger partial charge in [-0.05, 0) is 74.2 Å². The minimum atomic E-state index is -0.503. The highest BCUT2D eigenvalue weighted by molar-refractivity contribution is 9.10. The number of hydrogen-bond donors (Lipinski definition) is 1. The first-order chi connectivity index (χ1) is 15.4. The van der Waals surface area contributed by atoms with Crippen molar-refractivity contribution >= 4 is 56.0 Å². The minimum absolute atomic E-state index is 0.0133. The molecule has 0 saturated carbocycles. The van der Waals surface area contributed by atoms with Crippen LogP contribution in [0.1, 0.15) is 30.4 Å². The van der Waals surface area contributed by atoms with Gasteiger partial charge in [0.1, 0.15) is 5.25 Å². The topological polar surface area (TPSA) is 71.0 Å². The zero-order valence-corrected chi connectivity index (χ0v) is 20.5. The first kappa shape index (κ1) is 23.0. The first-order valence-corrected chi connectivity index (χ1v) is 12.4. The van der Waals surface area contributed by atoms with Gasteiger partial charge in [-0.3, -0.25) is 14.5 Å². The Labute approximate surface area is 200 Å². The minimum Gasteiger partial charge on any atom is -0.376 e. The molecule has 2 fully saturated rings. The van der Waals surface area contributed by atoms with Crippen molar-refractivity contribution in [2.75, 3.05) is 18.5 Å². The molecule has 2 aliphatic rings. The third-order valence-electron chi connectivity index (χ3n) is 5.36. The van der Waals surface area contributed by atoms with Gasteiger partial charge in [-0.15, -0.1) is 0 Å². The van der Waals surface area contributed by atoms with E-state index in [1.165, 1.54) is 11.8 Å². The number of nitrogens with one attached hydrogen (secondary N) is 1. The highest BCUT2D eigenvalue weighted by atomic mass is 79.9. The Balaban J connectivity index is 1.51. The van der Waals surface area contributed by atoms with Gasteiger partial charge in [0.2, 0.25) is 11.8 Å². The lowest BCUT2D eigenvalue weighted by Crippen LogP contribution is -2.38. The maximum Gasteiger partial charge on any atom is 0.242 e. The van der Waals surface area contributed by atoms with Crippen LogP contribution in [0, 0.1) is 13.8 Å². The van der Waals surface area contributed by atoms with Crippen LogP contribution in [0.25, 0.3) is 0 Å². The molecule has 0 radical (unpaired) electrons. The van der Waals surface area contributed by atoms with Crippen molar-refractivity contribution in [3.05, 3.63) is 58.1 Å². The molecule has 0 aliphatic carbocycles. The summed E-state index contributed by atoms with van der Waals surface area (Å²) in [6, 6.07) is 13.5. The van der Waals surface area contributed by atoms with Gasteiger partial charge in [-0.2, -0.15) is 0 Å². The number of hydrogen-bond acceptors (Lipinski definition) is 5. The van der Waals surface area contributed by atoms with Crippen molar-refractivity contribution < 1.29 is 14.3 Å². The Hall–Kier alpha value is -2.16. The van der Waals surface area contributed by atoms with Gasteiger partial charge in [-0.1, -0.05) is 33.8 Å². The Morgan fingerprint density at radius 1 is 1.22 bits per heavy atom. The first-order valence-electron chi connectivity index (χ1n) is 10.7. The third-order valence-corrected chi connectivity index (χ3v) is 7.06. The molecule has 2 aliphatic heterocycles. The van der Waals surface area contributed by atoms with Crippen LogP contribution in [-0.2, 0) is 14.3 Å². The van der Waals surface area contributed by atoms with Crippen LogP contribution < -0.4 is 5.32 Å². The molecule has 1 N–H and O–H groups in total. The predicted octanol–water partition coefficient (Wildman–Crippen LogP) is 5.21. The molecule has 0 unspecified atom stereocenters. The van der Waals surface area contributed by atoms with Gasteiger partial charge >= 0.3 is 0 Å². The van der Waals surface area contributed by atoms with Crippen molar-refractivity contribution in [1.82, 2.24) is 4.90 Å². The van der Waals surface area contributed by atoms with Crippen LogP contribution in [0.2, 0.25) is 0 Å². The SMILES string of the molecule is Cc1cc(C)cc(N=C2S[C@H](CC(=O)Nc3ccc(Br)cc3)C(=O)N2C[C@H]2CCCO2)c1. The summed E-state index contributed by atoms with van der Waals surface area (Å²) in [5.74, 6) is -0.275. The van der Waals surface area contributed by atoms with Crippen molar-refractivity contribution in [1.29, 1.82) is 0 Å². The number of ether oxygens (including phenoxy) is 1. The Morgan fingerprint density at radius 2 is 1.94 bits per heavy atom. The van der Waals surface area contributed by atoms with Gasteiger partial charge in [0.15, 0.2) is 5.17 Å². The lowest BCUT2D eigenvalue weighted by Gasteiger charge is -2.20. The average molecular weight is 516 g/mol. The van der Waals surface area contributed by atoms with Crippen molar-refractivity contribution in [3.63, 3.8) is 0 Å². The van der Waals surface area contributed by atoms with Crippen LogP contribution in [0.4, 0.5) is 11.4 Å². The van der Waals surface area contributed by atoms with Gasteiger partial charge < -0.3 is 10.1 Å². The number of amidine groups is 1. The van der Waals surface area contributed by atoms with Crippen molar-refractivity contribution in [2.24, 2.45) is 4.99 Å². The molecule has 4 rings (SSSR count). The van der Waals surface area contributed by atoms with Crippen molar-refractivity contribution in [3.8, 4) is 0 Å². The highest BCUT2D eigenvalue weighted by Crippen LogP contribution is 2.33. The number of halogens is 1. The van der Waals surface area contributed by atoms with Gasteiger partial charge in [0.25, 0.3) is 0 Å². The molecule has 6 nitrogen and oxygen atoms in total. The lowest BCUT2D eigenvalue weighted by atomic mass is 10.1. The summed E-state index contributed by atoms with van der Waals surface area (Å²) < 4.78 is 6.70. The second-order valence-corrected chi connectivity index (χ2v) is 10.3. The Kier molecular flexibility index (Phi) is 7.33. The number of benzene rings is 2. The van der Waals surface area contributed by atoms with E-state index in [-0.39, 0.29) is 24.3 Å². The standard InChI is InChI=1S/C24H26BrN3O3S/c1-15-10-16(2)12-19(11-15)27-24-28(14-20-4-3-9-31-20)23(30)21(32-24)13-22(29)26-18-7-5-17(25)6-8-18/h5-8,10-12,20-21H,3-4,9,13-14H2,1-2H3,(H,26,29)/t20-,21-/m1/s1. The van der Waals surface area contributed by atoms with Crippen LogP contribution >= 0.6 is 27.7 Å². The summed E-state index contributed by atoms with van der Waals surface area (Å²) in [6.07, 6.45) is 2.04. The molecular formula is C24H26BrN3O3S. The summed E-state index contributed by atoms with van der Waals surface area (Å²) >= 11 is 4.75. The molecule has 0 spiro atoms. The number of carbonyl (C=O) groups is 2. The molecule has 32 heavy (non-hydrogen) atoms. The number of anilines is 1. The normalized spacial score (nSPS) is 22.0. The highest BCUT2D eigenvalue weighted by Gasteiger charge is 2.40. The zero-order valence-electron chi connectivity index (χ0n) is 18.1. The van der Waals surface area contributed by atoms with Crippen LogP contribution in [-0.4, -0.2) is 46.4 Å². The van der Waals surface area contributed by atoms with Gasteiger partial charge in [-0.25, -0.2) is 4.99 Å². The van der Waals surface area contributed by atoms with Gasteiger partial charge in [0, 0.05) is 23.2 Å². The Morgan fingerprint density at radius 3 is 2.59 bits per heavy atom. The molecule has 168 valence electrons. The molecule has 2 amide bonds. The molecule has 0 bridgehead atoms. The molecular weight excluding hydrogens is 490 g/mol. The molecule has 0 aromatic heterocycles. The maximum absolute atomic E-state index is 13.2. The number of amides is 2. The third kappa shape index (κ3) is 5.79. The van der Waals surface area contributed by atoms with E-state index in [1.54, 1.807) is 4.90 Å². The quantitative estimate of drug-likeness (QED) is 0.573. The summed E-state index contributed by atoms with van der Waals surface area (Å²) in [4.78, 5) is 32.4. The van der Waals surface area contributed by atoms with E-state index < -0.39 is 5.25 Å². The average Bonchev–Trinajstić information content (AvgIpc) is 3.33. The fraction of sp³-hybridized carbons (Fsp3) is 0.375. The zero-order chi connectivity index (χ0) is 22.7. The van der Waals surface area contributed by atoms with Crippen LogP contribution in [0.15, 0.2) is 51.9 Å². The number of rotatable bonds is 6. The summed E-state index contributed by atoms with van der Waals surface area (Å²) in [7, 11) is 0. The van der Waals surface area contributed by atoms with E-state index in [2.05, 4.69) is 27.3 Å². The van der Waals surface area contributed by atoms with E-state index in [9.17, 15) is 9.59 Å². The molecule has 8 heteroatoms. The molecule has 2 aromatic carbocycles. The summed E-state index contributed by atoms with van der Waals surface area (Å²) in [5.41, 5.74) is 3.76. The molecule has 2 saturated heterocycles. The maximum atomic E-state index is 13.2. The largest absolute Gasteiger partial charge is 0.376 e. The molecule has 2 aromatic rings. The van der Waals surface area contributed by atoms with Crippen LogP contribution in [0.3, 0.4) is 0 Å². The predicted molar refractivity (Wildman–Crippen MR) is 132 cm³/mol. The summed E-state index contributed by atoms with van der Waals surface area (Å²) in [6.45, 7) is 5.26. The molecule has 2 heterocycles. The van der Waals surface area contributed by atoms with Gasteiger partial charge in [0.05, 0.1) is 18.3 Å². The fourth-order valence-corrected chi connectivity index (χ4v) is 5.36. The number of aliphatic imine (C=N–C) groups is 1. The van der Waals surface area contributed by atoms with E-state index >= 15 is 0 Å². The number of aryl methyl sites for hydroxylation is 2. The summed E-state index contributed by atoms with van der Waals surface area (Å²) in [5, 5.41) is 3.01. The number of nitrogens with zero attached hydrogens (tertiary/aromatic N) is 2. The van der Waals surface area contributed by atoms with Crippen molar-refractivity contribution in [2.45, 2.75) is 44.5 Å². The van der Waals surface area contributed by atoms with E-state index in [1.807, 2.05) is 50.2 Å². The second kappa shape index (κ2) is 10.2. The monoisotopic (exact) mass is 515 g/mol. The van der Waals surface area contributed by atoms with E-state index in [0.29, 0.717) is 17.4 Å². The lowest BCUT2D eigenvalue weighted by molar-refractivity contribution is -0.129. The fourth-order valence-electron chi connectivity index (χ4n) is 3.92. The molecule has 2 atom stereocenters. The van der Waals surface area contributed by atoms with E-state index in [4.69, 9.17) is 9.73 Å². The smallest absolute Gasteiger partial charge is 0.242 e. The second-order valence-electron chi connectivity index (χ2n) is 8.19.